The van der Waals surface area contributed by atoms with E-state index in [4.69, 9.17) is 0 Å². The van der Waals surface area contributed by atoms with Crippen molar-refractivity contribution in [3.63, 3.8) is 0 Å². The number of imide groups is 2. The highest BCUT2D eigenvalue weighted by Gasteiger charge is 2.45. The molecule has 2 saturated heterocycles. The lowest BCUT2D eigenvalue weighted by atomic mass is 9.99. The van der Waals surface area contributed by atoms with Crippen molar-refractivity contribution in [3.05, 3.63) is 29.3 Å². The predicted molar refractivity (Wildman–Crippen MR) is 116 cm³/mol. The van der Waals surface area contributed by atoms with Gasteiger partial charge in [-0.05, 0) is 43.7 Å². The smallest absolute Gasteiger partial charge is 0.264 e. The molecule has 2 N–H and O–H groups in total. The molecule has 9 nitrogen and oxygen atoms in total. The summed E-state index contributed by atoms with van der Waals surface area (Å²) in [6, 6.07) is 3.97. The van der Waals surface area contributed by atoms with Crippen molar-refractivity contribution in [1.29, 1.82) is 0 Å². The summed E-state index contributed by atoms with van der Waals surface area (Å²) in [7, 11) is 0. The number of fused-ring (bicyclic) bond motifs is 1. The molecule has 1 aromatic carbocycles. The summed E-state index contributed by atoms with van der Waals surface area (Å²) in [6.45, 7) is 4.31. The molecule has 1 aromatic rings. The van der Waals surface area contributed by atoms with Gasteiger partial charge in [0.15, 0.2) is 0 Å². The normalized spacial score (nSPS) is 21.6. The van der Waals surface area contributed by atoms with Gasteiger partial charge in [0, 0.05) is 38.2 Å². The summed E-state index contributed by atoms with van der Waals surface area (Å²) in [5.74, 6) is -1.29. The Hall–Kier alpha value is -3.23. The highest BCUT2D eigenvalue weighted by molar-refractivity contribution is 6.25. The van der Waals surface area contributed by atoms with Crippen LogP contribution in [-0.2, 0) is 14.4 Å². The number of piperidine rings is 2. The SMILES string of the molecule is CC1CCN(C(=O)CCCNc2cccc3c2C(=O)N(C2CCC(=O)NC2=O)C3=O)CC1. The topological polar surface area (TPSA) is 116 Å². The molecular formula is C23H28N4O5. The molecule has 170 valence electrons. The Balaban J connectivity index is 1.37. The van der Waals surface area contributed by atoms with Gasteiger partial charge >= 0.3 is 0 Å². The van der Waals surface area contributed by atoms with E-state index in [1.165, 1.54) is 0 Å². The van der Waals surface area contributed by atoms with Gasteiger partial charge in [-0.15, -0.1) is 0 Å². The van der Waals surface area contributed by atoms with E-state index in [2.05, 4.69) is 17.6 Å². The first kappa shape index (κ1) is 22.0. The summed E-state index contributed by atoms with van der Waals surface area (Å²) in [4.78, 5) is 64.8. The van der Waals surface area contributed by atoms with Crippen LogP contribution in [0.25, 0.3) is 0 Å². The Morgan fingerprint density at radius 3 is 2.56 bits per heavy atom. The van der Waals surface area contributed by atoms with Crippen molar-refractivity contribution >= 4 is 35.2 Å². The van der Waals surface area contributed by atoms with Crippen LogP contribution in [0.15, 0.2) is 18.2 Å². The van der Waals surface area contributed by atoms with Crippen LogP contribution in [0.4, 0.5) is 5.69 Å². The minimum absolute atomic E-state index is 0.0822. The first-order valence-electron chi connectivity index (χ1n) is 11.2. The fraction of sp³-hybridized carbons (Fsp3) is 0.522. The zero-order valence-electron chi connectivity index (χ0n) is 18.2. The second-order valence-electron chi connectivity index (χ2n) is 8.77. The van der Waals surface area contributed by atoms with Crippen LogP contribution >= 0.6 is 0 Å². The molecule has 0 spiro atoms. The molecule has 32 heavy (non-hydrogen) atoms. The molecule has 0 saturated carbocycles. The maximum absolute atomic E-state index is 13.1. The number of carbonyl (C=O) groups is 5. The summed E-state index contributed by atoms with van der Waals surface area (Å²) < 4.78 is 0. The summed E-state index contributed by atoms with van der Waals surface area (Å²) in [6.07, 6.45) is 3.31. The van der Waals surface area contributed by atoms with Gasteiger partial charge in [0.25, 0.3) is 11.8 Å². The van der Waals surface area contributed by atoms with E-state index < -0.39 is 29.7 Å². The summed E-state index contributed by atoms with van der Waals surface area (Å²) in [5.41, 5.74) is 0.983. The molecule has 3 aliphatic heterocycles. The average molecular weight is 441 g/mol. The van der Waals surface area contributed by atoms with Crippen molar-refractivity contribution in [3.8, 4) is 0 Å². The predicted octanol–water partition coefficient (Wildman–Crippen LogP) is 1.54. The Labute approximate surface area is 186 Å². The minimum Gasteiger partial charge on any atom is -0.384 e. The largest absolute Gasteiger partial charge is 0.384 e. The Morgan fingerprint density at radius 1 is 1.09 bits per heavy atom. The van der Waals surface area contributed by atoms with E-state index in [1.54, 1.807) is 18.2 Å². The van der Waals surface area contributed by atoms with Crippen molar-refractivity contribution in [1.82, 2.24) is 15.1 Å². The summed E-state index contributed by atoms with van der Waals surface area (Å²) >= 11 is 0. The lowest BCUT2D eigenvalue weighted by molar-refractivity contribution is -0.136. The van der Waals surface area contributed by atoms with E-state index in [0.29, 0.717) is 31.0 Å². The zero-order chi connectivity index (χ0) is 22.8. The molecule has 1 atom stereocenters. The molecule has 5 amide bonds. The monoisotopic (exact) mass is 440 g/mol. The molecule has 4 rings (SSSR count). The number of likely N-dealkylation sites (tertiary alicyclic amines) is 1. The van der Waals surface area contributed by atoms with Crippen LogP contribution in [-0.4, -0.2) is 65.0 Å². The number of carbonyl (C=O) groups excluding carboxylic acids is 5. The van der Waals surface area contributed by atoms with Gasteiger partial charge in [0.05, 0.1) is 11.1 Å². The van der Waals surface area contributed by atoms with Gasteiger partial charge in [-0.2, -0.15) is 0 Å². The van der Waals surface area contributed by atoms with Gasteiger partial charge in [-0.3, -0.25) is 34.2 Å². The second kappa shape index (κ2) is 9.10. The third-order valence-electron chi connectivity index (χ3n) is 6.49. The number of nitrogens with one attached hydrogen (secondary N) is 2. The lowest BCUT2D eigenvalue weighted by Crippen LogP contribution is -2.54. The Bertz CT molecular complexity index is 967. The third kappa shape index (κ3) is 4.24. The first-order valence-corrected chi connectivity index (χ1v) is 11.2. The molecule has 0 bridgehead atoms. The van der Waals surface area contributed by atoms with Crippen molar-refractivity contribution < 1.29 is 24.0 Å². The number of hydrogen-bond donors (Lipinski definition) is 2. The third-order valence-corrected chi connectivity index (χ3v) is 6.49. The van der Waals surface area contributed by atoms with E-state index in [9.17, 15) is 24.0 Å². The van der Waals surface area contributed by atoms with Gasteiger partial charge in [0.1, 0.15) is 6.04 Å². The molecule has 0 aromatic heterocycles. The van der Waals surface area contributed by atoms with Crippen LogP contribution in [0.5, 0.6) is 0 Å². The van der Waals surface area contributed by atoms with Crippen molar-refractivity contribution in [2.24, 2.45) is 5.92 Å². The van der Waals surface area contributed by atoms with Crippen molar-refractivity contribution in [2.45, 2.75) is 51.5 Å². The molecular weight excluding hydrogens is 412 g/mol. The highest BCUT2D eigenvalue weighted by atomic mass is 16.2. The van der Waals surface area contributed by atoms with Gasteiger partial charge < -0.3 is 10.2 Å². The number of amides is 5. The number of hydrogen-bond acceptors (Lipinski definition) is 6. The van der Waals surface area contributed by atoms with E-state index in [0.717, 1.165) is 30.8 Å². The fourth-order valence-corrected chi connectivity index (χ4v) is 4.54. The van der Waals surface area contributed by atoms with E-state index in [1.807, 2.05) is 4.90 Å². The summed E-state index contributed by atoms with van der Waals surface area (Å²) in [5, 5.41) is 5.37. The minimum atomic E-state index is -0.988. The zero-order valence-corrected chi connectivity index (χ0v) is 18.2. The molecule has 0 aliphatic carbocycles. The maximum atomic E-state index is 13.1. The highest BCUT2D eigenvalue weighted by Crippen LogP contribution is 2.32. The Morgan fingerprint density at radius 2 is 1.84 bits per heavy atom. The number of benzene rings is 1. The number of rotatable bonds is 6. The number of anilines is 1. The van der Waals surface area contributed by atoms with Gasteiger partial charge in [0.2, 0.25) is 17.7 Å². The maximum Gasteiger partial charge on any atom is 0.264 e. The molecule has 1 unspecified atom stereocenters. The van der Waals surface area contributed by atoms with Crippen LogP contribution in [0.1, 0.15) is 66.2 Å². The standard InChI is InChI=1S/C23H28N4O5/c1-14-9-12-26(13-10-14)19(29)6-3-11-24-16-5-2-4-15-20(16)23(32)27(22(15)31)17-7-8-18(28)25-21(17)30/h2,4-5,14,17,24H,3,6-13H2,1H3,(H,25,28,30). The lowest BCUT2D eigenvalue weighted by Gasteiger charge is -2.30. The molecule has 0 radical (unpaired) electrons. The van der Waals surface area contributed by atoms with Crippen LogP contribution in [0.2, 0.25) is 0 Å². The van der Waals surface area contributed by atoms with Gasteiger partial charge in [-0.25, -0.2) is 0 Å². The quantitative estimate of drug-likeness (QED) is 0.512. The first-order chi connectivity index (χ1) is 15.4. The fourth-order valence-electron chi connectivity index (χ4n) is 4.54. The van der Waals surface area contributed by atoms with Gasteiger partial charge in [-0.1, -0.05) is 13.0 Å². The van der Waals surface area contributed by atoms with Crippen LogP contribution in [0.3, 0.4) is 0 Å². The number of nitrogens with zero attached hydrogens (tertiary/aromatic N) is 2. The molecule has 3 aliphatic rings. The Kier molecular flexibility index (Phi) is 6.25. The average Bonchev–Trinajstić information content (AvgIpc) is 3.02. The molecule has 3 heterocycles. The van der Waals surface area contributed by atoms with Crippen LogP contribution < -0.4 is 10.6 Å². The van der Waals surface area contributed by atoms with Crippen LogP contribution in [0, 0.1) is 5.92 Å². The second-order valence-corrected chi connectivity index (χ2v) is 8.77. The van der Waals surface area contributed by atoms with Crippen molar-refractivity contribution in [2.75, 3.05) is 25.0 Å². The molecule has 2 fully saturated rings. The molecule has 9 heteroatoms. The van der Waals surface area contributed by atoms with E-state index in [-0.39, 0.29) is 29.9 Å². The van der Waals surface area contributed by atoms with E-state index >= 15 is 0 Å².